The molecule has 0 aliphatic heterocycles. The Bertz CT molecular complexity index is 552. The summed E-state index contributed by atoms with van der Waals surface area (Å²) >= 11 is 0. The molecule has 0 aliphatic rings. The van der Waals surface area contributed by atoms with E-state index in [2.05, 4.69) is 17.6 Å². The van der Waals surface area contributed by atoms with E-state index in [1.807, 2.05) is 54.6 Å². The maximum atomic E-state index is 11.7. The third kappa shape index (κ3) is 4.43. The molecule has 0 atom stereocenters. The minimum absolute atomic E-state index is 0.0729. The third-order valence-corrected chi connectivity index (χ3v) is 2.97. The number of carbonyl (C=O) groups is 1. The summed E-state index contributed by atoms with van der Waals surface area (Å²) in [6, 6.07) is 17.7. The molecular weight excluding hydrogens is 248 g/mol. The van der Waals surface area contributed by atoms with E-state index in [0.29, 0.717) is 6.42 Å². The Kier molecular flexibility index (Phi) is 5.18. The van der Waals surface area contributed by atoms with E-state index in [1.165, 1.54) is 0 Å². The highest BCUT2D eigenvalue weighted by Crippen LogP contribution is 2.20. The van der Waals surface area contributed by atoms with Crippen LogP contribution >= 0.6 is 0 Å². The number of nitrogens with one attached hydrogen (secondary N) is 2. The normalized spacial score (nSPS) is 10.1. The van der Waals surface area contributed by atoms with E-state index < -0.39 is 0 Å². The molecule has 0 radical (unpaired) electrons. The van der Waals surface area contributed by atoms with E-state index in [0.717, 1.165) is 29.9 Å². The first kappa shape index (κ1) is 14.1. The molecule has 0 unspecified atom stereocenters. The Morgan fingerprint density at radius 2 is 1.65 bits per heavy atom. The van der Waals surface area contributed by atoms with Gasteiger partial charge in [-0.25, -0.2) is 0 Å². The summed E-state index contributed by atoms with van der Waals surface area (Å²) in [5, 5.41) is 6.23. The molecule has 3 nitrogen and oxygen atoms in total. The molecule has 2 N–H and O–H groups in total. The molecule has 0 saturated heterocycles. The van der Waals surface area contributed by atoms with E-state index in [-0.39, 0.29) is 5.91 Å². The average Bonchev–Trinajstić information content (AvgIpc) is 2.46. The third-order valence-electron chi connectivity index (χ3n) is 2.97. The van der Waals surface area contributed by atoms with Gasteiger partial charge in [-0.15, -0.1) is 0 Å². The summed E-state index contributed by atoms with van der Waals surface area (Å²) in [5.74, 6) is 0.0729. The van der Waals surface area contributed by atoms with E-state index in [9.17, 15) is 4.79 Å². The fraction of sp³-hybridized carbons (Fsp3) is 0.235. The Balaban J connectivity index is 1.99. The van der Waals surface area contributed by atoms with Crippen molar-refractivity contribution < 1.29 is 4.79 Å². The van der Waals surface area contributed by atoms with Gasteiger partial charge in [-0.05, 0) is 36.8 Å². The summed E-state index contributed by atoms with van der Waals surface area (Å²) in [5.41, 5.74) is 2.82. The Morgan fingerprint density at radius 1 is 0.950 bits per heavy atom. The van der Waals surface area contributed by atoms with Crippen LogP contribution in [0.1, 0.15) is 26.2 Å². The molecule has 0 heterocycles. The van der Waals surface area contributed by atoms with Crippen LogP contribution in [-0.2, 0) is 4.79 Å². The summed E-state index contributed by atoms with van der Waals surface area (Å²) in [6.45, 7) is 2.08. The Hall–Kier alpha value is -2.29. The van der Waals surface area contributed by atoms with Crippen molar-refractivity contribution in [3.05, 3.63) is 54.6 Å². The monoisotopic (exact) mass is 268 g/mol. The van der Waals surface area contributed by atoms with Crippen LogP contribution in [0.3, 0.4) is 0 Å². The highest BCUT2D eigenvalue weighted by Gasteiger charge is 2.02. The lowest BCUT2D eigenvalue weighted by molar-refractivity contribution is -0.116. The largest absolute Gasteiger partial charge is 0.355 e. The van der Waals surface area contributed by atoms with Crippen molar-refractivity contribution in [3.63, 3.8) is 0 Å². The first-order valence-corrected chi connectivity index (χ1v) is 7.00. The molecule has 0 aliphatic carbocycles. The Morgan fingerprint density at radius 3 is 2.40 bits per heavy atom. The average molecular weight is 268 g/mol. The fourth-order valence-corrected chi connectivity index (χ4v) is 1.92. The van der Waals surface area contributed by atoms with Gasteiger partial charge >= 0.3 is 0 Å². The van der Waals surface area contributed by atoms with Crippen molar-refractivity contribution in [2.24, 2.45) is 0 Å². The maximum absolute atomic E-state index is 11.7. The summed E-state index contributed by atoms with van der Waals surface area (Å²) in [4.78, 5) is 11.7. The number of hydrogen-bond acceptors (Lipinski definition) is 2. The van der Waals surface area contributed by atoms with E-state index in [1.54, 1.807) is 0 Å². The zero-order valence-corrected chi connectivity index (χ0v) is 11.7. The SMILES string of the molecule is CCCCC(=O)Nc1cccc(Nc2ccccc2)c1. The number of benzene rings is 2. The van der Waals surface area contributed by atoms with Crippen LogP contribution < -0.4 is 10.6 Å². The summed E-state index contributed by atoms with van der Waals surface area (Å²) < 4.78 is 0. The molecule has 1 amide bonds. The van der Waals surface area contributed by atoms with Crippen LogP contribution in [0.4, 0.5) is 17.1 Å². The van der Waals surface area contributed by atoms with Gasteiger partial charge in [0, 0.05) is 23.5 Å². The van der Waals surface area contributed by atoms with Gasteiger partial charge < -0.3 is 10.6 Å². The smallest absolute Gasteiger partial charge is 0.224 e. The predicted octanol–water partition coefficient (Wildman–Crippen LogP) is 4.56. The molecule has 0 spiro atoms. The van der Waals surface area contributed by atoms with Gasteiger partial charge in [0.15, 0.2) is 0 Å². The number of anilines is 3. The van der Waals surface area contributed by atoms with Crippen LogP contribution in [0.5, 0.6) is 0 Å². The molecule has 3 heteroatoms. The topological polar surface area (TPSA) is 41.1 Å². The van der Waals surface area contributed by atoms with Crippen molar-refractivity contribution in [2.45, 2.75) is 26.2 Å². The molecule has 2 aromatic carbocycles. The second kappa shape index (κ2) is 7.34. The lowest BCUT2D eigenvalue weighted by Crippen LogP contribution is -2.10. The van der Waals surface area contributed by atoms with Crippen LogP contribution in [0.25, 0.3) is 0 Å². The highest BCUT2D eigenvalue weighted by atomic mass is 16.1. The lowest BCUT2D eigenvalue weighted by atomic mass is 10.2. The fourth-order valence-electron chi connectivity index (χ4n) is 1.92. The van der Waals surface area contributed by atoms with Crippen molar-refractivity contribution in [1.29, 1.82) is 0 Å². The van der Waals surface area contributed by atoms with Crippen LogP contribution in [0.15, 0.2) is 54.6 Å². The number of amides is 1. The number of unbranched alkanes of at least 4 members (excludes halogenated alkanes) is 1. The van der Waals surface area contributed by atoms with Gasteiger partial charge in [-0.2, -0.15) is 0 Å². The Labute approximate surface area is 120 Å². The summed E-state index contributed by atoms with van der Waals surface area (Å²) in [6.07, 6.45) is 2.53. The zero-order chi connectivity index (χ0) is 14.2. The maximum Gasteiger partial charge on any atom is 0.224 e. The molecule has 2 aromatic rings. The van der Waals surface area contributed by atoms with Gasteiger partial charge in [0.1, 0.15) is 0 Å². The lowest BCUT2D eigenvalue weighted by Gasteiger charge is -2.09. The molecule has 104 valence electrons. The van der Waals surface area contributed by atoms with Crippen molar-refractivity contribution in [2.75, 3.05) is 10.6 Å². The van der Waals surface area contributed by atoms with Gasteiger partial charge in [0.25, 0.3) is 0 Å². The molecule has 0 saturated carbocycles. The van der Waals surface area contributed by atoms with Crippen LogP contribution in [0, 0.1) is 0 Å². The second-order valence-electron chi connectivity index (χ2n) is 4.72. The van der Waals surface area contributed by atoms with E-state index in [4.69, 9.17) is 0 Å². The van der Waals surface area contributed by atoms with Crippen molar-refractivity contribution in [1.82, 2.24) is 0 Å². The number of carbonyl (C=O) groups excluding carboxylic acids is 1. The van der Waals surface area contributed by atoms with E-state index >= 15 is 0 Å². The first-order valence-electron chi connectivity index (χ1n) is 7.00. The van der Waals surface area contributed by atoms with Crippen molar-refractivity contribution >= 4 is 23.0 Å². The molecule has 0 fully saturated rings. The van der Waals surface area contributed by atoms with Gasteiger partial charge in [-0.1, -0.05) is 37.6 Å². The van der Waals surface area contributed by atoms with Crippen LogP contribution in [-0.4, -0.2) is 5.91 Å². The zero-order valence-electron chi connectivity index (χ0n) is 11.7. The summed E-state index contributed by atoms with van der Waals surface area (Å²) in [7, 11) is 0. The molecule has 0 bridgehead atoms. The standard InChI is InChI=1S/C17H20N2O/c1-2-3-12-17(20)19-16-11-7-10-15(13-16)18-14-8-5-4-6-9-14/h4-11,13,18H,2-3,12H2,1H3,(H,19,20). The van der Waals surface area contributed by atoms with Crippen LogP contribution in [0.2, 0.25) is 0 Å². The molecule has 0 aromatic heterocycles. The minimum atomic E-state index is 0.0729. The highest BCUT2D eigenvalue weighted by molar-refractivity contribution is 5.91. The minimum Gasteiger partial charge on any atom is -0.355 e. The van der Waals surface area contributed by atoms with Gasteiger partial charge in [0.05, 0.1) is 0 Å². The number of hydrogen-bond donors (Lipinski definition) is 2. The first-order chi connectivity index (χ1) is 9.78. The quantitative estimate of drug-likeness (QED) is 0.806. The molecular formula is C17H20N2O. The number of para-hydroxylation sites is 1. The molecule has 2 rings (SSSR count). The van der Waals surface area contributed by atoms with Crippen molar-refractivity contribution in [3.8, 4) is 0 Å². The second-order valence-corrected chi connectivity index (χ2v) is 4.72. The number of rotatable bonds is 6. The molecule has 20 heavy (non-hydrogen) atoms. The van der Waals surface area contributed by atoms with Gasteiger partial charge in [0.2, 0.25) is 5.91 Å². The van der Waals surface area contributed by atoms with Gasteiger partial charge in [-0.3, -0.25) is 4.79 Å². The predicted molar refractivity (Wildman–Crippen MR) is 84.3 cm³/mol.